The minimum Gasteiger partial charge on any atom is -0.444 e. The first-order valence-electron chi connectivity index (χ1n) is 12.0. The van der Waals surface area contributed by atoms with Gasteiger partial charge in [-0.1, -0.05) is 32.0 Å². The van der Waals surface area contributed by atoms with Gasteiger partial charge in [0.05, 0.1) is 6.04 Å². The number of carbonyl (C=O) groups is 5. The third kappa shape index (κ3) is 8.83. The average molecular weight is 501 g/mol. The second-order valence-corrected chi connectivity index (χ2v) is 10.1. The highest BCUT2D eigenvalue weighted by Gasteiger charge is 2.30. The zero-order chi connectivity index (χ0) is 26.9. The van der Waals surface area contributed by atoms with E-state index in [0.717, 1.165) is 16.5 Å². The zero-order valence-corrected chi connectivity index (χ0v) is 21.4. The topological polar surface area (TPSA) is 146 Å². The van der Waals surface area contributed by atoms with Crippen molar-refractivity contribution in [1.29, 1.82) is 0 Å². The molecule has 0 saturated heterocycles. The lowest BCUT2D eigenvalue weighted by molar-refractivity contribution is -0.131. The Morgan fingerprint density at radius 1 is 1.00 bits per heavy atom. The third-order valence-corrected chi connectivity index (χ3v) is 5.29. The second-order valence-electron chi connectivity index (χ2n) is 10.1. The van der Waals surface area contributed by atoms with Crippen molar-refractivity contribution in [1.82, 2.24) is 20.9 Å². The van der Waals surface area contributed by atoms with Gasteiger partial charge in [0.15, 0.2) is 0 Å². The Kier molecular flexibility index (Phi) is 10.2. The van der Waals surface area contributed by atoms with Crippen molar-refractivity contribution in [2.45, 2.75) is 77.6 Å². The molecular weight excluding hydrogens is 464 g/mol. The fourth-order valence-electron chi connectivity index (χ4n) is 3.69. The Hall–Kier alpha value is -3.69. The first kappa shape index (κ1) is 28.5. The number of fused-ring (bicyclic) bond motifs is 1. The molecule has 1 aromatic heterocycles. The lowest BCUT2D eigenvalue weighted by Crippen LogP contribution is -2.56. The molecule has 0 radical (unpaired) electrons. The molecule has 196 valence electrons. The molecule has 0 aliphatic rings. The Bertz CT molecular complexity index is 1070. The maximum atomic E-state index is 13.4. The molecule has 2 rings (SSSR count). The van der Waals surface area contributed by atoms with Crippen LogP contribution in [0.25, 0.3) is 10.9 Å². The van der Waals surface area contributed by atoms with Gasteiger partial charge in [0.25, 0.3) is 0 Å². The number of nitrogens with one attached hydrogen (secondary N) is 4. The van der Waals surface area contributed by atoms with E-state index in [-0.39, 0.29) is 25.2 Å². The highest BCUT2D eigenvalue weighted by atomic mass is 16.6. The van der Waals surface area contributed by atoms with Gasteiger partial charge in [0.2, 0.25) is 11.8 Å². The number of rotatable bonds is 12. The summed E-state index contributed by atoms with van der Waals surface area (Å²) in [7, 11) is 0. The average Bonchev–Trinajstić information content (AvgIpc) is 3.19. The van der Waals surface area contributed by atoms with E-state index in [1.807, 2.05) is 38.1 Å². The molecule has 1 aromatic carbocycles. The van der Waals surface area contributed by atoms with Crippen LogP contribution in [0.15, 0.2) is 30.5 Å². The van der Waals surface area contributed by atoms with Crippen molar-refractivity contribution in [3.05, 3.63) is 36.0 Å². The quantitative estimate of drug-likeness (QED) is 0.329. The summed E-state index contributed by atoms with van der Waals surface area (Å²) < 4.78 is 5.35. The highest BCUT2D eigenvalue weighted by molar-refractivity contribution is 5.93. The van der Waals surface area contributed by atoms with Gasteiger partial charge in [-0.2, -0.15) is 0 Å². The minimum absolute atomic E-state index is 0.0349. The number of aldehydes is 2. The summed E-state index contributed by atoms with van der Waals surface area (Å²) in [4.78, 5) is 63.9. The normalized spacial score (nSPS) is 13.9. The number of carbonyl (C=O) groups excluding carboxylic acids is 5. The van der Waals surface area contributed by atoms with Crippen LogP contribution in [0.5, 0.6) is 0 Å². The summed E-state index contributed by atoms with van der Waals surface area (Å²) in [6, 6.07) is 4.57. The van der Waals surface area contributed by atoms with Gasteiger partial charge >= 0.3 is 6.09 Å². The number of H-pyrrole nitrogens is 1. The molecule has 10 heteroatoms. The standard InChI is InChI=1S/C26H36N4O6/c1-16(2)12-21(23(33)28-18(15-32)10-11-31)29-24(34)22(30-25(35)36-26(3,4)5)13-17-14-27-20-9-7-6-8-19(17)20/h6-9,11,14-16,18,21-22,27H,10,12-13H2,1-5H3,(H,28,33)(H,29,34)(H,30,35)/t18-,21-,22-/m0/s1. The van der Waals surface area contributed by atoms with Crippen LogP contribution in [0.3, 0.4) is 0 Å². The van der Waals surface area contributed by atoms with E-state index in [1.165, 1.54) is 0 Å². The van der Waals surface area contributed by atoms with Gasteiger partial charge in [0, 0.05) is 29.9 Å². The Morgan fingerprint density at radius 2 is 1.67 bits per heavy atom. The lowest BCUT2D eigenvalue weighted by atomic mass is 10.0. The summed E-state index contributed by atoms with van der Waals surface area (Å²) in [5.41, 5.74) is 0.920. The van der Waals surface area contributed by atoms with Crippen molar-refractivity contribution >= 4 is 41.4 Å². The molecule has 0 aliphatic heterocycles. The van der Waals surface area contributed by atoms with Crippen LogP contribution in [0.1, 0.15) is 53.0 Å². The zero-order valence-electron chi connectivity index (χ0n) is 21.4. The number of para-hydroxylation sites is 1. The monoisotopic (exact) mass is 500 g/mol. The van der Waals surface area contributed by atoms with Crippen molar-refractivity contribution in [2.24, 2.45) is 5.92 Å². The smallest absolute Gasteiger partial charge is 0.408 e. The molecule has 2 aromatic rings. The second kappa shape index (κ2) is 12.9. The largest absolute Gasteiger partial charge is 0.444 e. The van der Waals surface area contributed by atoms with Crippen molar-refractivity contribution < 1.29 is 28.7 Å². The van der Waals surface area contributed by atoms with Crippen molar-refractivity contribution in [3.63, 3.8) is 0 Å². The van der Waals surface area contributed by atoms with Gasteiger partial charge in [-0.05, 0) is 44.7 Å². The van der Waals surface area contributed by atoms with Gasteiger partial charge < -0.3 is 35.3 Å². The predicted molar refractivity (Wildman–Crippen MR) is 135 cm³/mol. The minimum atomic E-state index is -1.04. The van der Waals surface area contributed by atoms with Gasteiger partial charge in [-0.3, -0.25) is 9.59 Å². The highest BCUT2D eigenvalue weighted by Crippen LogP contribution is 2.20. The van der Waals surface area contributed by atoms with E-state index in [0.29, 0.717) is 12.6 Å². The number of aromatic amines is 1. The number of benzene rings is 1. The summed E-state index contributed by atoms with van der Waals surface area (Å²) in [6.07, 6.45) is 2.29. The van der Waals surface area contributed by atoms with Crippen LogP contribution in [-0.4, -0.2) is 59.2 Å². The number of amides is 3. The Morgan fingerprint density at radius 3 is 2.28 bits per heavy atom. The van der Waals surface area contributed by atoms with E-state index >= 15 is 0 Å². The van der Waals surface area contributed by atoms with Crippen LogP contribution in [0.4, 0.5) is 4.79 Å². The maximum Gasteiger partial charge on any atom is 0.408 e. The predicted octanol–water partition coefficient (Wildman–Crippen LogP) is 2.41. The molecular formula is C26H36N4O6. The number of alkyl carbamates (subject to hydrolysis) is 1. The molecule has 0 unspecified atom stereocenters. The fraction of sp³-hybridized carbons (Fsp3) is 0.500. The molecule has 0 spiro atoms. The number of ether oxygens (including phenoxy) is 1. The van der Waals surface area contributed by atoms with Gasteiger partial charge in [-0.25, -0.2) is 4.79 Å². The summed E-state index contributed by atoms with van der Waals surface area (Å²) >= 11 is 0. The van der Waals surface area contributed by atoms with Crippen LogP contribution >= 0.6 is 0 Å². The van der Waals surface area contributed by atoms with Crippen molar-refractivity contribution in [2.75, 3.05) is 0 Å². The van der Waals surface area contributed by atoms with E-state index in [9.17, 15) is 24.0 Å². The third-order valence-electron chi connectivity index (χ3n) is 5.29. The number of aromatic nitrogens is 1. The molecule has 0 bridgehead atoms. The van der Waals surface area contributed by atoms with Crippen LogP contribution in [0.2, 0.25) is 0 Å². The first-order valence-corrected chi connectivity index (χ1v) is 12.0. The molecule has 0 saturated carbocycles. The Labute approximate surface area is 210 Å². The molecule has 3 amide bonds. The lowest BCUT2D eigenvalue weighted by Gasteiger charge is -2.26. The van der Waals surface area contributed by atoms with Crippen LogP contribution in [0, 0.1) is 5.92 Å². The molecule has 0 aliphatic carbocycles. The molecule has 0 fully saturated rings. The fourth-order valence-corrected chi connectivity index (χ4v) is 3.69. The van der Waals surface area contributed by atoms with E-state index in [1.54, 1.807) is 27.0 Å². The molecule has 10 nitrogen and oxygen atoms in total. The van der Waals surface area contributed by atoms with Crippen molar-refractivity contribution in [3.8, 4) is 0 Å². The van der Waals surface area contributed by atoms with Crippen LogP contribution < -0.4 is 16.0 Å². The molecule has 3 atom stereocenters. The summed E-state index contributed by atoms with van der Waals surface area (Å²) in [5, 5.41) is 8.73. The Balaban J connectivity index is 2.27. The summed E-state index contributed by atoms with van der Waals surface area (Å²) in [6.45, 7) is 8.92. The van der Waals surface area contributed by atoms with E-state index in [4.69, 9.17) is 4.74 Å². The summed E-state index contributed by atoms with van der Waals surface area (Å²) in [5.74, 6) is -1.13. The van der Waals surface area contributed by atoms with E-state index in [2.05, 4.69) is 20.9 Å². The first-order chi connectivity index (χ1) is 16.9. The molecule has 4 N–H and O–H groups in total. The molecule has 1 heterocycles. The maximum absolute atomic E-state index is 13.4. The number of hydrogen-bond donors (Lipinski definition) is 4. The number of hydrogen-bond acceptors (Lipinski definition) is 6. The van der Waals surface area contributed by atoms with E-state index < -0.39 is 41.6 Å². The van der Waals surface area contributed by atoms with Crippen LogP contribution in [-0.2, 0) is 30.3 Å². The molecule has 36 heavy (non-hydrogen) atoms. The SMILES string of the molecule is CC(C)C[C@H](NC(=O)[C@H](Cc1c[nH]c2ccccc12)NC(=O)OC(C)(C)C)C(=O)N[C@H](C=O)CC=O. The van der Waals surface area contributed by atoms with Gasteiger partial charge in [0.1, 0.15) is 30.3 Å². The van der Waals surface area contributed by atoms with Gasteiger partial charge in [-0.15, -0.1) is 0 Å².